The third kappa shape index (κ3) is 3.13. The Balaban J connectivity index is 2.33. The number of aromatic nitrogens is 3. The second kappa shape index (κ2) is 6.28. The summed E-state index contributed by atoms with van der Waals surface area (Å²) >= 11 is 1.52. The fourth-order valence-electron chi connectivity index (χ4n) is 2.06. The van der Waals surface area contributed by atoms with Crippen LogP contribution in [0.2, 0.25) is 0 Å². The van der Waals surface area contributed by atoms with E-state index in [2.05, 4.69) is 10.2 Å². The lowest BCUT2D eigenvalue weighted by Gasteiger charge is -2.21. The van der Waals surface area contributed by atoms with Crippen LogP contribution < -0.4 is 11.4 Å². The van der Waals surface area contributed by atoms with E-state index in [9.17, 15) is 4.79 Å². The molecule has 1 aromatic heterocycles. The van der Waals surface area contributed by atoms with Crippen molar-refractivity contribution in [2.75, 3.05) is 0 Å². The Kier molecular flexibility index (Phi) is 4.67. The molecule has 0 aliphatic heterocycles. The summed E-state index contributed by atoms with van der Waals surface area (Å²) in [5.74, 6) is 0. The van der Waals surface area contributed by atoms with Crippen LogP contribution in [0.3, 0.4) is 0 Å². The lowest BCUT2D eigenvalue weighted by atomic mass is 10.1. The van der Waals surface area contributed by atoms with Crippen LogP contribution in [0.1, 0.15) is 37.6 Å². The molecule has 0 aliphatic rings. The highest BCUT2D eigenvalue weighted by Crippen LogP contribution is 2.36. The van der Waals surface area contributed by atoms with Gasteiger partial charge in [0.2, 0.25) is 0 Å². The second-order valence-electron chi connectivity index (χ2n) is 5.08. The second-order valence-corrected chi connectivity index (χ2v) is 6.19. The highest BCUT2D eigenvalue weighted by molar-refractivity contribution is 7.99. The van der Waals surface area contributed by atoms with Crippen LogP contribution in [0.4, 0.5) is 0 Å². The molecule has 2 aromatic rings. The van der Waals surface area contributed by atoms with E-state index in [0.717, 1.165) is 5.56 Å². The minimum atomic E-state index is -0.181. The maximum absolute atomic E-state index is 11.8. The molecule has 1 aromatic carbocycles. The molecule has 2 unspecified atom stereocenters. The van der Waals surface area contributed by atoms with E-state index in [0.29, 0.717) is 5.16 Å². The Hall–Kier alpha value is -1.53. The number of thioether (sulfide) groups is 1. The number of benzene rings is 1. The number of hydrogen-bond donors (Lipinski definition) is 2. The summed E-state index contributed by atoms with van der Waals surface area (Å²) in [5.41, 5.74) is 7.06. The maximum atomic E-state index is 11.8. The van der Waals surface area contributed by atoms with E-state index >= 15 is 0 Å². The lowest BCUT2D eigenvalue weighted by molar-refractivity contribution is 0.532. The number of hydrogen-bond acceptors (Lipinski definition) is 4. The third-order valence-corrected chi connectivity index (χ3v) is 4.48. The van der Waals surface area contributed by atoms with Crippen LogP contribution in [0.25, 0.3) is 0 Å². The molecule has 3 N–H and O–H groups in total. The quantitative estimate of drug-likeness (QED) is 0.829. The van der Waals surface area contributed by atoms with Gasteiger partial charge in [-0.3, -0.25) is 4.57 Å². The fraction of sp³-hybridized carbons (Fsp3) is 0.429. The molecule has 2 rings (SSSR count). The molecule has 6 heteroatoms. The first kappa shape index (κ1) is 14.9. The Morgan fingerprint density at radius 3 is 2.45 bits per heavy atom. The van der Waals surface area contributed by atoms with Gasteiger partial charge in [0.05, 0.1) is 5.25 Å². The normalized spacial score (nSPS) is 14.4. The Bertz CT molecular complexity index is 603. The highest BCUT2D eigenvalue weighted by atomic mass is 32.2. The van der Waals surface area contributed by atoms with E-state index in [1.165, 1.54) is 11.8 Å². The SMILES string of the molecule is CC(N)C(Sc1n[nH]c(=O)n1C(C)C)c1ccccc1. The summed E-state index contributed by atoms with van der Waals surface area (Å²) in [4.78, 5) is 11.8. The summed E-state index contributed by atoms with van der Waals surface area (Å²) in [5, 5.41) is 7.36. The van der Waals surface area contributed by atoms with Gasteiger partial charge in [-0.2, -0.15) is 0 Å². The number of nitrogens with one attached hydrogen (secondary N) is 1. The smallest absolute Gasteiger partial charge is 0.327 e. The molecule has 0 radical (unpaired) electrons. The fourth-order valence-corrected chi connectivity index (χ4v) is 3.30. The van der Waals surface area contributed by atoms with Crippen LogP contribution in [0, 0.1) is 0 Å². The standard InChI is InChI=1S/C14H20N4OS/c1-9(2)18-13(19)16-17-14(18)20-12(10(3)15)11-7-5-4-6-8-11/h4-10,12H,15H2,1-3H3,(H,16,19). The summed E-state index contributed by atoms with van der Waals surface area (Å²) < 4.78 is 1.66. The predicted molar refractivity (Wildman–Crippen MR) is 81.9 cm³/mol. The molecule has 0 saturated heterocycles. The van der Waals surface area contributed by atoms with Crippen molar-refractivity contribution in [2.45, 2.75) is 43.3 Å². The highest BCUT2D eigenvalue weighted by Gasteiger charge is 2.22. The van der Waals surface area contributed by atoms with E-state index < -0.39 is 0 Å². The topological polar surface area (TPSA) is 76.7 Å². The van der Waals surface area contributed by atoms with Crippen molar-refractivity contribution in [1.29, 1.82) is 0 Å². The van der Waals surface area contributed by atoms with E-state index in [1.54, 1.807) is 4.57 Å². The zero-order valence-electron chi connectivity index (χ0n) is 11.9. The summed E-state index contributed by atoms with van der Waals surface area (Å²) in [6, 6.07) is 10.1. The lowest BCUT2D eigenvalue weighted by Crippen LogP contribution is -2.24. The van der Waals surface area contributed by atoms with Crippen LogP contribution in [0.5, 0.6) is 0 Å². The van der Waals surface area contributed by atoms with Crippen LogP contribution in [-0.4, -0.2) is 20.8 Å². The monoisotopic (exact) mass is 292 g/mol. The van der Waals surface area contributed by atoms with Gasteiger partial charge in [-0.05, 0) is 26.3 Å². The van der Waals surface area contributed by atoms with Crippen molar-refractivity contribution in [3.8, 4) is 0 Å². The van der Waals surface area contributed by atoms with Gasteiger partial charge in [-0.25, -0.2) is 9.89 Å². The van der Waals surface area contributed by atoms with E-state index in [1.807, 2.05) is 51.1 Å². The molecule has 0 aliphatic carbocycles. The largest absolute Gasteiger partial charge is 0.344 e. The summed E-state index contributed by atoms with van der Waals surface area (Å²) in [7, 11) is 0. The number of aromatic amines is 1. The van der Waals surface area contributed by atoms with Gasteiger partial charge in [-0.1, -0.05) is 42.1 Å². The molecule has 0 spiro atoms. The van der Waals surface area contributed by atoms with Crippen molar-refractivity contribution in [1.82, 2.24) is 14.8 Å². The number of nitrogens with two attached hydrogens (primary N) is 1. The first-order valence-electron chi connectivity index (χ1n) is 6.64. The zero-order valence-corrected chi connectivity index (χ0v) is 12.7. The van der Waals surface area contributed by atoms with Crippen molar-refractivity contribution in [3.63, 3.8) is 0 Å². The zero-order chi connectivity index (χ0) is 14.7. The van der Waals surface area contributed by atoms with Gasteiger partial charge in [0.1, 0.15) is 0 Å². The minimum absolute atomic E-state index is 0.0465. The third-order valence-electron chi connectivity index (χ3n) is 3.03. The Morgan fingerprint density at radius 2 is 1.90 bits per heavy atom. The van der Waals surface area contributed by atoms with Crippen molar-refractivity contribution in [3.05, 3.63) is 46.4 Å². The Labute approximate surface area is 122 Å². The van der Waals surface area contributed by atoms with Crippen molar-refractivity contribution in [2.24, 2.45) is 5.73 Å². The molecule has 5 nitrogen and oxygen atoms in total. The molecular weight excluding hydrogens is 272 g/mol. The van der Waals surface area contributed by atoms with Crippen molar-refractivity contribution < 1.29 is 0 Å². The van der Waals surface area contributed by atoms with Gasteiger partial charge in [-0.15, -0.1) is 5.10 Å². The molecule has 0 fully saturated rings. The molecule has 0 bridgehead atoms. The van der Waals surface area contributed by atoms with Crippen LogP contribution >= 0.6 is 11.8 Å². The van der Waals surface area contributed by atoms with Crippen LogP contribution in [0.15, 0.2) is 40.3 Å². The number of rotatable bonds is 5. The molecule has 2 atom stereocenters. The molecule has 1 heterocycles. The van der Waals surface area contributed by atoms with Crippen LogP contribution in [-0.2, 0) is 0 Å². The van der Waals surface area contributed by atoms with Gasteiger partial charge < -0.3 is 5.73 Å². The molecule has 20 heavy (non-hydrogen) atoms. The first-order valence-corrected chi connectivity index (χ1v) is 7.52. The first-order chi connectivity index (χ1) is 9.50. The number of H-pyrrole nitrogens is 1. The van der Waals surface area contributed by atoms with Gasteiger partial charge in [0.15, 0.2) is 5.16 Å². The molecular formula is C14H20N4OS. The molecule has 0 saturated carbocycles. The van der Waals surface area contributed by atoms with E-state index in [-0.39, 0.29) is 23.0 Å². The van der Waals surface area contributed by atoms with E-state index in [4.69, 9.17) is 5.73 Å². The molecule has 0 amide bonds. The number of nitrogens with zero attached hydrogens (tertiary/aromatic N) is 2. The summed E-state index contributed by atoms with van der Waals surface area (Å²) in [6.45, 7) is 5.89. The maximum Gasteiger partial charge on any atom is 0.344 e. The molecule has 108 valence electrons. The van der Waals surface area contributed by atoms with Crippen molar-refractivity contribution >= 4 is 11.8 Å². The Morgan fingerprint density at radius 1 is 1.25 bits per heavy atom. The van der Waals surface area contributed by atoms with Gasteiger partial charge >= 0.3 is 5.69 Å². The van der Waals surface area contributed by atoms with Gasteiger partial charge in [0, 0.05) is 12.1 Å². The summed E-state index contributed by atoms with van der Waals surface area (Å²) in [6.07, 6.45) is 0. The average molecular weight is 292 g/mol. The average Bonchev–Trinajstić information content (AvgIpc) is 2.77. The predicted octanol–water partition coefficient (Wildman–Crippen LogP) is 2.33. The van der Waals surface area contributed by atoms with Gasteiger partial charge in [0.25, 0.3) is 0 Å². The minimum Gasteiger partial charge on any atom is -0.327 e.